The summed E-state index contributed by atoms with van der Waals surface area (Å²) in [5, 5.41) is 5.96. The molecule has 3 rings (SSSR count). The van der Waals surface area contributed by atoms with Crippen LogP contribution in [0.2, 0.25) is 0 Å². The standard InChI is InChI=1S/C17H19N3O2S2/c1-20-14-6-4-3-5-12(14)13(7-16(20)21)17(22)18-8-11-9-24-15(19-11)10-23-2/h3-6,9,13H,7-8,10H2,1-2H3,(H,18,22)/t13-/m1/s1. The van der Waals surface area contributed by atoms with Gasteiger partial charge in [-0.2, -0.15) is 11.8 Å². The van der Waals surface area contributed by atoms with Gasteiger partial charge in [-0.1, -0.05) is 18.2 Å². The number of fused-ring (bicyclic) bond motifs is 1. The smallest absolute Gasteiger partial charge is 0.228 e. The highest BCUT2D eigenvalue weighted by Crippen LogP contribution is 2.35. The van der Waals surface area contributed by atoms with Crippen molar-refractivity contribution in [2.75, 3.05) is 18.2 Å². The van der Waals surface area contributed by atoms with E-state index in [1.54, 1.807) is 35.0 Å². The number of hydrogen-bond donors (Lipinski definition) is 1. The van der Waals surface area contributed by atoms with Gasteiger partial charge in [-0.25, -0.2) is 4.98 Å². The zero-order valence-electron chi connectivity index (χ0n) is 13.6. The number of rotatable bonds is 5. The molecule has 1 aromatic heterocycles. The molecule has 2 amide bonds. The molecular formula is C17H19N3O2S2. The number of carbonyl (C=O) groups is 2. The molecule has 0 fully saturated rings. The van der Waals surface area contributed by atoms with Crippen LogP contribution in [0.5, 0.6) is 0 Å². The van der Waals surface area contributed by atoms with Gasteiger partial charge in [-0.3, -0.25) is 9.59 Å². The van der Waals surface area contributed by atoms with E-state index in [0.717, 1.165) is 27.7 Å². The molecule has 1 N–H and O–H groups in total. The Hall–Kier alpha value is -1.86. The Kier molecular flexibility index (Phi) is 5.20. The number of thioether (sulfide) groups is 1. The van der Waals surface area contributed by atoms with E-state index in [1.165, 1.54) is 0 Å². The van der Waals surface area contributed by atoms with Crippen molar-refractivity contribution in [1.29, 1.82) is 0 Å². The van der Waals surface area contributed by atoms with Gasteiger partial charge in [0.25, 0.3) is 0 Å². The van der Waals surface area contributed by atoms with Crippen molar-refractivity contribution < 1.29 is 9.59 Å². The lowest BCUT2D eigenvalue weighted by Crippen LogP contribution is -2.39. The third-order valence-corrected chi connectivity index (χ3v) is 5.70. The van der Waals surface area contributed by atoms with Crippen LogP contribution in [0.15, 0.2) is 29.6 Å². The normalized spacial score (nSPS) is 16.8. The monoisotopic (exact) mass is 361 g/mol. The van der Waals surface area contributed by atoms with Crippen LogP contribution >= 0.6 is 23.1 Å². The van der Waals surface area contributed by atoms with Gasteiger partial charge in [0.15, 0.2) is 0 Å². The minimum absolute atomic E-state index is 0.0373. The number of anilines is 1. The molecule has 7 heteroatoms. The molecule has 2 heterocycles. The minimum Gasteiger partial charge on any atom is -0.350 e. The summed E-state index contributed by atoms with van der Waals surface area (Å²) in [5.41, 5.74) is 2.58. The highest BCUT2D eigenvalue weighted by Gasteiger charge is 2.33. The summed E-state index contributed by atoms with van der Waals surface area (Å²) in [6.45, 7) is 0.395. The predicted molar refractivity (Wildman–Crippen MR) is 98.4 cm³/mol. The van der Waals surface area contributed by atoms with Crippen molar-refractivity contribution in [3.05, 3.63) is 45.9 Å². The van der Waals surface area contributed by atoms with Crippen molar-refractivity contribution in [3.63, 3.8) is 0 Å². The van der Waals surface area contributed by atoms with E-state index in [1.807, 2.05) is 35.9 Å². The summed E-state index contributed by atoms with van der Waals surface area (Å²) in [6, 6.07) is 7.58. The van der Waals surface area contributed by atoms with Crippen molar-refractivity contribution in [1.82, 2.24) is 10.3 Å². The van der Waals surface area contributed by atoms with E-state index >= 15 is 0 Å². The van der Waals surface area contributed by atoms with Crippen LogP contribution in [0.1, 0.15) is 28.6 Å². The van der Waals surface area contributed by atoms with Gasteiger partial charge in [0, 0.05) is 30.3 Å². The molecule has 0 saturated carbocycles. The highest BCUT2D eigenvalue weighted by atomic mass is 32.2. The van der Waals surface area contributed by atoms with E-state index in [2.05, 4.69) is 10.3 Å². The van der Waals surface area contributed by atoms with E-state index in [0.29, 0.717) is 6.54 Å². The fourth-order valence-electron chi connectivity index (χ4n) is 2.80. The molecule has 0 saturated heterocycles. The van der Waals surface area contributed by atoms with E-state index in [-0.39, 0.29) is 18.2 Å². The van der Waals surface area contributed by atoms with Crippen LogP contribution in [0.4, 0.5) is 5.69 Å². The Morgan fingerprint density at radius 3 is 3.04 bits per heavy atom. The lowest BCUT2D eigenvalue weighted by Gasteiger charge is -2.30. The summed E-state index contributed by atoms with van der Waals surface area (Å²) in [5.74, 6) is 0.289. The van der Waals surface area contributed by atoms with Gasteiger partial charge >= 0.3 is 0 Å². The van der Waals surface area contributed by atoms with E-state index in [9.17, 15) is 9.59 Å². The average Bonchev–Trinajstić information content (AvgIpc) is 3.04. The Bertz CT molecular complexity index is 760. The maximum atomic E-state index is 12.6. The first-order valence-corrected chi connectivity index (χ1v) is 9.93. The van der Waals surface area contributed by atoms with Crippen molar-refractivity contribution in [2.24, 2.45) is 0 Å². The van der Waals surface area contributed by atoms with Gasteiger partial charge in [-0.05, 0) is 17.9 Å². The largest absolute Gasteiger partial charge is 0.350 e. The number of benzene rings is 1. The lowest BCUT2D eigenvalue weighted by molar-refractivity contribution is -0.127. The third kappa shape index (κ3) is 3.47. The number of amides is 2. The summed E-state index contributed by atoms with van der Waals surface area (Å²) >= 11 is 3.33. The molecule has 0 aliphatic carbocycles. The molecule has 1 aromatic carbocycles. The molecule has 24 heavy (non-hydrogen) atoms. The maximum absolute atomic E-state index is 12.6. The first-order chi connectivity index (χ1) is 11.6. The van der Waals surface area contributed by atoms with Crippen molar-refractivity contribution in [3.8, 4) is 0 Å². The maximum Gasteiger partial charge on any atom is 0.228 e. The van der Waals surface area contributed by atoms with Crippen LogP contribution in [0.3, 0.4) is 0 Å². The molecule has 1 aliphatic heterocycles. The fourth-order valence-corrected chi connectivity index (χ4v) is 4.31. The van der Waals surface area contributed by atoms with Gasteiger partial charge in [0.1, 0.15) is 5.01 Å². The van der Waals surface area contributed by atoms with Crippen LogP contribution in [-0.2, 0) is 21.9 Å². The van der Waals surface area contributed by atoms with Crippen molar-refractivity contribution >= 4 is 40.6 Å². The molecule has 1 aliphatic rings. The van der Waals surface area contributed by atoms with Gasteiger partial charge in [0.2, 0.25) is 11.8 Å². The molecule has 2 aromatic rings. The Morgan fingerprint density at radius 1 is 1.46 bits per heavy atom. The zero-order valence-corrected chi connectivity index (χ0v) is 15.2. The third-order valence-electron chi connectivity index (χ3n) is 4.05. The molecule has 1 atom stereocenters. The second-order valence-electron chi connectivity index (χ2n) is 5.65. The lowest BCUT2D eigenvalue weighted by atomic mass is 9.89. The van der Waals surface area contributed by atoms with Crippen LogP contribution < -0.4 is 10.2 Å². The summed E-state index contributed by atoms with van der Waals surface area (Å²) in [6.07, 6.45) is 2.24. The van der Waals surface area contributed by atoms with Crippen molar-refractivity contribution in [2.45, 2.75) is 24.6 Å². The van der Waals surface area contributed by atoms with Crippen LogP contribution in [-0.4, -0.2) is 30.1 Å². The SMILES string of the molecule is CSCc1nc(CNC(=O)[C@@H]2CC(=O)N(C)c3ccccc32)cs1. The summed E-state index contributed by atoms with van der Waals surface area (Å²) in [7, 11) is 1.75. The molecular weight excluding hydrogens is 342 g/mol. The second kappa shape index (κ2) is 7.36. The Balaban J connectivity index is 1.70. The first kappa shape index (κ1) is 17.0. The predicted octanol–water partition coefficient (Wildman–Crippen LogP) is 2.77. The van der Waals surface area contributed by atoms with Crippen LogP contribution in [0.25, 0.3) is 0 Å². The molecule has 0 radical (unpaired) electrons. The number of carbonyl (C=O) groups excluding carboxylic acids is 2. The Morgan fingerprint density at radius 2 is 2.25 bits per heavy atom. The zero-order chi connectivity index (χ0) is 17.1. The van der Waals surface area contributed by atoms with E-state index in [4.69, 9.17) is 0 Å². The quantitative estimate of drug-likeness (QED) is 0.889. The van der Waals surface area contributed by atoms with Crippen LogP contribution in [0, 0.1) is 0 Å². The number of nitrogens with zero attached hydrogens (tertiary/aromatic N) is 2. The second-order valence-corrected chi connectivity index (χ2v) is 7.46. The number of aromatic nitrogens is 1. The number of para-hydroxylation sites is 1. The molecule has 0 spiro atoms. The first-order valence-electron chi connectivity index (χ1n) is 7.65. The number of thiazole rings is 1. The van der Waals surface area contributed by atoms with Gasteiger partial charge in [0.05, 0.1) is 18.2 Å². The minimum atomic E-state index is -0.436. The Labute approximate surface area is 149 Å². The number of nitrogens with one attached hydrogen (secondary N) is 1. The molecule has 0 bridgehead atoms. The molecule has 5 nitrogen and oxygen atoms in total. The summed E-state index contributed by atoms with van der Waals surface area (Å²) < 4.78 is 0. The fraction of sp³-hybridized carbons (Fsp3) is 0.353. The highest BCUT2D eigenvalue weighted by molar-refractivity contribution is 7.97. The average molecular weight is 361 g/mol. The van der Waals surface area contributed by atoms with E-state index < -0.39 is 5.92 Å². The molecule has 126 valence electrons. The van der Waals surface area contributed by atoms with Gasteiger partial charge in [-0.15, -0.1) is 11.3 Å². The number of hydrogen-bond acceptors (Lipinski definition) is 5. The van der Waals surface area contributed by atoms with Gasteiger partial charge < -0.3 is 10.2 Å². The summed E-state index contributed by atoms with van der Waals surface area (Å²) in [4.78, 5) is 30.9. The topological polar surface area (TPSA) is 62.3 Å². The molecule has 0 unspecified atom stereocenters.